The number of hydrogen-bond donors (Lipinski definition) is 1. The fourth-order valence-electron chi connectivity index (χ4n) is 4.70. The third kappa shape index (κ3) is 5.02. The SMILES string of the molecule is Cc1cccc(-n2cc(-c3ccc(Cl)cc3)nc2NC(=O)CN(C(=O)C2CCCC2)C2CC2)c1. The number of carbonyl (C=O) groups excluding carboxylic acids is 2. The van der Waals surface area contributed by atoms with Crippen molar-refractivity contribution >= 4 is 29.4 Å². The minimum atomic E-state index is -0.222. The van der Waals surface area contributed by atoms with E-state index in [0.717, 1.165) is 61.0 Å². The number of aromatic nitrogens is 2. The summed E-state index contributed by atoms with van der Waals surface area (Å²) >= 11 is 6.05. The molecule has 0 unspecified atom stereocenters. The third-order valence-corrected chi connectivity index (χ3v) is 6.92. The van der Waals surface area contributed by atoms with Crippen LogP contribution < -0.4 is 5.32 Å². The zero-order valence-corrected chi connectivity index (χ0v) is 20.1. The number of rotatable bonds is 7. The lowest BCUT2D eigenvalue weighted by Gasteiger charge is -2.25. The number of carbonyl (C=O) groups is 2. The molecule has 2 amide bonds. The van der Waals surface area contributed by atoms with E-state index in [-0.39, 0.29) is 30.3 Å². The number of anilines is 1. The van der Waals surface area contributed by atoms with Crippen LogP contribution in [0.5, 0.6) is 0 Å². The number of halogens is 1. The van der Waals surface area contributed by atoms with Gasteiger partial charge in [-0.25, -0.2) is 4.98 Å². The van der Waals surface area contributed by atoms with Gasteiger partial charge in [0.15, 0.2) is 0 Å². The van der Waals surface area contributed by atoms with Crippen LogP contribution >= 0.6 is 11.6 Å². The van der Waals surface area contributed by atoms with Gasteiger partial charge in [0.2, 0.25) is 17.8 Å². The van der Waals surface area contributed by atoms with Crippen LogP contribution in [-0.2, 0) is 9.59 Å². The highest BCUT2D eigenvalue weighted by Crippen LogP contribution is 2.33. The molecule has 5 rings (SSSR count). The van der Waals surface area contributed by atoms with E-state index in [1.165, 1.54) is 0 Å². The number of hydrogen-bond acceptors (Lipinski definition) is 3. The molecule has 2 aliphatic carbocycles. The summed E-state index contributed by atoms with van der Waals surface area (Å²) in [6.45, 7) is 2.10. The van der Waals surface area contributed by atoms with Gasteiger partial charge >= 0.3 is 0 Å². The van der Waals surface area contributed by atoms with Crippen molar-refractivity contribution in [2.75, 3.05) is 11.9 Å². The summed E-state index contributed by atoms with van der Waals surface area (Å²) in [5, 5.41) is 3.64. The van der Waals surface area contributed by atoms with Crippen LogP contribution in [0.15, 0.2) is 54.7 Å². The first-order chi connectivity index (χ1) is 16.5. The van der Waals surface area contributed by atoms with Crippen molar-refractivity contribution in [3.63, 3.8) is 0 Å². The van der Waals surface area contributed by atoms with E-state index in [9.17, 15) is 9.59 Å². The van der Waals surface area contributed by atoms with Crippen LogP contribution in [0, 0.1) is 12.8 Å². The lowest BCUT2D eigenvalue weighted by molar-refractivity contribution is -0.138. The number of aryl methyl sites for hydroxylation is 1. The maximum atomic E-state index is 13.1. The summed E-state index contributed by atoms with van der Waals surface area (Å²) < 4.78 is 1.88. The van der Waals surface area contributed by atoms with Crippen molar-refractivity contribution in [2.24, 2.45) is 5.92 Å². The molecule has 2 saturated carbocycles. The Kier molecular flexibility index (Phi) is 6.42. The average Bonchev–Trinajstić information content (AvgIpc) is 3.34. The Morgan fingerprint density at radius 3 is 2.50 bits per heavy atom. The topological polar surface area (TPSA) is 67.2 Å². The average molecular weight is 477 g/mol. The van der Waals surface area contributed by atoms with Gasteiger partial charge in [-0.05, 0) is 62.4 Å². The number of amides is 2. The number of nitrogens with zero attached hydrogens (tertiary/aromatic N) is 3. The minimum Gasteiger partial charge on any atom is -0.330 e. The lowest BCUT2D eigenvalue weighted by Crippen LogP contribution is -2.42. The molecule has 7 heteroatoms. The molecule has 0 bridgehead atoms. The molecule has 0 saturated heterocycles. The molecule has 0 atom stereocenters. The fraction of sp³-hybridized carbons (Fsp3) is 0.370. The molecule has 3 aromatic rings. The smallest absolute Gasteiger partial charge is 0.246 e. The number of nitrogens with one attached hydrogen (secondary N) is 1. The van der Waals surface area contributed by atoms with Crippen molar-refractivity contribution in [1.29, 1.82) is 0 Å². The first-order valence-electron chi connectivity index (χ1n) is 12.0. The molecule has 2 aromatic carbocycles. The molecular formula is C27H29ClN4O2. The highest BCUT2D eigenvalue weighted by molar-refractivity contribution is 6.30. The molecule has 1 aromatic heterocycles. The van der Waals surface area contributed by atoms with Gasteiger partial charge in [0.25, 0.3) is 0 Å². The maximum absolute atomic E-state index is 13.1. The van der Waals surface area contributed by atoms with Crippen molar-refractivity contribution in [3.05, 3.63) is 65.3 Å². The van der Waals surface area contributed by atoms with Crippen LogP contribution in [-0.4, -0.2) is 38.9 Å². The normalized spacial score (nSPS) is 15.9. The van der Waals surface area contributed by atoms with Crippen molar-refractivity contribution in [1.82, 2.24) is 14.5 Å². The standard InChI is InChI=1S/C27H29ClN4O2/c1-18-5-4-8-23(15-18)32-16-24(19-9-11-21(28)12-10-19)29-27(32)30-25(33)17-31(22-13-14-22)26(34)20-6-2-3-7-20/h4-5,8-12,15-16,20,22H,2-3,6-7,13-14,17H2,1H3,(H,29,30,33). The van der Waals surface area contributed by atoms with E-state index in [0.29, 0.717) is 11.0 Å². The van der Waals surface area contributed by atoms with Crippen molar-refractivity contribution < 1.29 is 9.59 Å². The largest absolute Gasteiger partial charge is 0.330 e. The zero-order valence-electron chi connectivity index (χ0n) is 19.3. The van der Waals surface area contributed by atoms with Gasteiger partial charge in [0, 0.05) is 34.4 Å². The molecule has 34 heavy (non-hydrogen) atoms. The van der Waals surface area contributed by atoms with Gasteiger partial charge in [-0.2, -0.15) is 0 Å². The molecular weight excluding hydrogens is 448 g/mol. The first kappa shape index (κ1) is 22.7. The highest BCUT2D eigenvalue weighted by atomic mass is 35.5. The predicted octanol–water partition coefficient (Wildman–Crippen LogP) is 5.62. The van der Waals surface area contributed by atoms with E-state index in [4.69, 9.17) is 16.6 Å². The monoisotopic (exact) mass is 476 g/mol. The first-order valence-corrected chi connectivity index (χ1v) is 12.4. The van der Waals surface area contributed by atoms with Crippen LogP contribution in [0.3, 0.4) is 0 Å². The zero-order chi connectivity index (χ0) is 23.7. The van der Waals surface area contributed by atoms with E-state index >= 15 is 0 Å². The molecule has 1 N–H and O–H groups in total. The quantitative estimate of drug-likeness (QED) is 0.481. The van der Waals surface area contributed by atoms with Crippen LogP contribution in [0.4, 0.5) is 5.95 Å². The van der Waals surface area contributed by atoms with E-state index in [1.54, 1.807) is 4.90 Å². The van der Waals surface area contributed by atoms with Gasteiger partial charge in [0.05, 0.1) is 5.69 Å². The summed E-state index contributed by atoms with van der Waals surface area (Å²) in [4.78, 5) is 32.7. The van der Waals surface area contributed by atoms with Gasteiger partial charge < -0.3 is 4.90 Å². The Bertz CT molecular complexity index is 1190. The molecule has 2 aliphatic rings. The van der Waals surface area contributed by atoms with Gasteiger partial charge in [-0.1, -0.05) is 48.7 Å². The summed E-state index contributed by atoms with van der Waals surface area (Å²) in [6.07, 6.45) is 7.94. The highest BCUT2D eigenvalue weighted by Gasteiger charge is 2.37. The minimum absolute atomic E-state index is 0.0664. The second-order valence-corrected chi connectivity index (χ2v) is 9.83. The van der Waals surface area contributed by atoms with Gasteiger partial charge in [-0.3, -0.25) is 19.5 Å². The molecule has 176 valence electrons. The van der Waals surface area contributed by atoms with Crippen LogP contribution in [0.1, 0.15) is 44.1 Å². The Morgan fingerprint density at radius 2 is 1.82 bits per heavy atom. The second kappa shape index (κ2) is 9.63. The van der Waals surface area contributed by atoms with Crippen LogP contribution in [0.25, 0.3) is 16.9 Å². The summed E-state index contributed by atoms with van der Waals surface area (Å²) in [5.41, 5.74) is 3.65. The van der Waals surface area contributed by atoms with Gasteiger partial charge in [0.1, 0.15) is 6.54 Å². The Hall–Kier alpha value is -3.12. The van der Waals surface area contributed by atoms with Crippen molar-refractivity contribution in [3.8, 4) is 16.9 Å². The molecule has 1 heterocycles. The van der Waals surface area contributed by atoms with E-state index in [2.05, 4.69) is 5.32 Å². The van der Waals surface area contributed by atoms with Crippen molar-refractivity contribution in [2.45, 2.75) is 51.5 Å². The lowest BCUT2D eigenvalue weighted by atomic mass is 10.1. The maximum Gasteiger partial charge on any atom is 0.246 e. The summed E-state index contributed by atoms with van der Waals surface area (Å²) in [7, 11) is 0. The van der Waals surface area contributed by atoms with E-state index in [1.807, 2.05) is 66.2 Å². The molecule has 2 fully saturated rings. The Morgan fingerprint density at radius 1 is 1.09 bits per heavy atom. The van der Waals surface area contributed by atoms with E-state index < -0.39 is 0 Å². The Labute approximate surface area is 204 Å². The summed E-state index contributed by atoms with van der Waals surface area (Å²) in [5.74, 6) is 0.420. The molecule has 6 nitrogen and oxygen atoms in total. The number of benzene rings is 2. The molecule has 0 spiro atoms. The number of imidazole rings is 1. The predicted molar refractivity (Wildman–Crippen MR) is 134 cm³/mol. The molecule has 0 aliphatic heterocycles. The fourth-order valence-corrected chi connectivity index (χ4v) is 4.83. The van der Waals surface area contributed by atoms with Crippen LogP contribution in [0.2, 0.25) is 5.02 Å². The second-order valence-electron chi connectivity index (χ2n) is 9.39. The van der Waals surface area contributed by atoms with Gasteiger partial charge in [-0.15, -0.1) is 0 Å². The molecule has 0 radical (unpaired) electrons. The summed E-state index contributed by atoms with van der Waals surface area (Å²) in [6, 6.07) is 15.7. The Balaban J connectivity index is 1.40. The third-order valence-electron chi connectivity index (χ3n) is 6.67.